The summed E-state index contributed by atoms with van der Waals surface area (Å²) in [7, 11) is 0. The molecular weight excluding hydrogens is 386 g/mol. The van der Waals surface area contributed by atoms with E-state index in [9.17, 15) is 9.59 Å². The number of rotatable bonds is 7. The maximum Gasteiger partial charge on any atom is 0.263 e. The van der Waals surface area contributed by atoms with E-state index in [0.29, 0.717) is 23.6 Å². The Balaban J connectivity index is 2.00. The number of amides is 1. The number of carbonyl (C=O) groups excluding carboxylic acids is 1. The van der Waals surface area contributed by atoms with Crippen LogP contribution >= 0.6 is 34.4 Å². The van der Waals surface area contributed by atoms with Gasteiger partial charge in [-0.05, 0) is 31.7 Å². The van der Waals surface area contributed by atoms with Crippen molar-refractivity contribution in [3.63, 3.8) is 0 Å². The molecule has 0 fully saturated rings. The molecule has 0 saturated carbocycles. The maximum atomic E-state index is 13.1. The highest BCUT2D eigenvalue weighted by Crippen LogP contribution is 2.35. The Bertz CT molecular complexity index is 960. The number of nitrogens with zero attached hydrogens (tertiary/aromatic N) is 2. The van der Waals surface area contributed by atoms with Crippen LogP contribution in [-0.2, 0) is 11.3 Å². The molecule has 3 aromatic heterocycles. The lowest BCUT2D eigenvalue weighted by Crippen LogP contribution is -2.32. The molecule has 0 spiro atoms. The minimum Gasteiger partial charge on any atom is -0.355 e. The first kappa shape index (κ1) is 19.1. The summed E-state index contributed by atoms with van der Waals surface area (Å²) in [6.45, 7) is 6.97. The summed E-state index contributed by atoms with van der Waals surface area (Å²) in [5.41, 5.74) is 0.913. The third-order valence-corrected chi connectivity index (χ3v) is 6.83. The van der Waals surface area contributed by atoms with Gasteiger partial charge in [-0.2, -0.15) is 0 Å². The van der Waals surface area contributed by atoms with E-state index in [0.717, 1.165) is 21.7 Å². The van der Waals surface area contributed by atoms with Crippen LogP contribution in [0.3, 0.4) is 0 Å². The minimum absolute atomic E-state index is 0.0284. The van der Waals surface area contributed by atoms with E-state index in [1.807, 2.05) is 43.7 Å². The van der Waals surface area contributed by atoms with Crippen LogP contribution < -0.4 is 10.9 Å². The second-order valence-electron chi connectivity index (χ2n) is 5.80. The van der Waals surface area contributed by atoms with Gasteiger partial charge in [0.1, 0.15) is 4.83 Å². The smallest absolute Gasteiger partial charge is 0.263 e. The van der Waals surface area contributed by atoms with Gasteiger partial charge in [0.25, 0.3) is 5.56 Å². The van der Waals surface area contributed by atoms with E-state index in [4.69, 9.17) is 4.98 Å². The van der Waals surface area contributed by atoms with Crippen molar-refractivity contribution in [3.8, 4) is 10.4 Å². The van der Waals surface area contributed by atoms with Gasteiger partial charge in [-0.1, -0.05) is 24.8 Å². The van der Waals surface area contributed by atoms with Crippen LogP contribution in [0, 0.1) is 0 Å². The molecule has 0 bridgehead atoms. The van der Waals surface area contributed by atoms with E-state index in [2.05, 4.69) is 5.32 Å². The third-order valence-electron chi connectivity index (χ3n) is 3.96. The first-order valence-corrected chi connectivity index (χ1v) is 11.2. The van der Waals surface area contributed by atoms with Crippen molar-refractivity contribution in [2.45, 2.75) is 44.1 Å². The van der Waals surface area contributed by atoms with E-state index < -0.39 is 0 Å². The fourth-order valence-corrected chi connectivity index (χ4v) is 5.39. The van der Waals surface area contributed by atoms with Gasteiger partial charge in [0.2, 0.25) is 5.91 Å². The number of fused-ring (bicyclic) bond motifs is 1. The molecule has 0 aliphatic heterocycles. The summed E-state index contributed by atoms with van der Waals surface area (Å²) in [5, 5.41) is 7.86. The van der Waals surface area contributed by atoms with Crippen LogP contribution in [0.15, 0.2) is 32.8 Å². The first-order chi connectivity index (χ1) is 12.6. The van der Waals surface area contributed by atoms with Crippen LogP contribution in [0.5, 0.6) is 0 Å². The van der Waals surface area contributed by atoms with Crippen molar-refractivity contribution in [3.05, 3.63) is 33.2 Å². The summed E-state index contributed by atoms with van der Waals surface area (Å²) in [6.07, 6.45) is 0.897. The SMILES string of the molecule is CCCNC(=O)[C@@H](C)Sc1nc2scc(-c3cccs3)c2c(=O)n1CC. The quantitative estimate of drug-likeness (QED) is 0.471. The molecule has 5 nitrogen and oxygen atoms in total. The predicted molar refractivity (Wildman–Crippen MR) is 111 cm³/mol. The normalized spacial score (nSPS) is 12.4. The summed E-state index contributed by atoms with van der Waals surface area (Å²) in [6, 6.07) is 4.00. The average molecular weight is 408 g/mol. The lowest BCUT2D eigenvalue weighted by molar-refractivity contribution is -0.120. The number of nitrogens with one attached hydrogen (secondary N) is 1. The van der Waals surface area contributed by atoms with Gasteiger partial charge in [-0.3, -0.25) is 14.2 Å². The molecule has 8 heteroatoms. The van der Waals surface area contributed by atoms with Crippen molar-refractivity contribution in [2.24, 2.45) is 0 Å². The maximum absolute atomic E-state index is 13.1. The highest BCUT2D eigenvalue weighted by atomic mass is 32.2. The minimum atomic E-state index is -0.305. The van der Waals surface area contributed by atoms with Gasteiger partial charge in [-0.25, -0.2) is 4.98 Å². The van der Waals surface area contributed by atoms with Gasteiger partial charge >= 0.3 is 0 Å². The lowest BCUT2D eigenvalue weighted by Gasteiger charge is -2.14. The van der Waals surface area contributed by atoms with Gasteiger partial charge < -0.3 is 5.32 Å². The molecule has 1 N–H and O–H groups in total. The van der Waals surface area contributed by atoms with E-state index in [-0.39, 0.29) is 16.7 Å². The summed E-state index contributed by atoms with van der Waals surface area (Å²) in [5.74, 6) is -0.0284. The highest BCUT2D eigenvalue weighted by molar-refractivity contribution is 8.00. The lowest BCUT2D eigenvalue weighted by atomic mass is 10.2. The van der Waals surface area contributed by atoms with Crippen molar-refractivity contribution in [2.75, 3.05) is 6.54 Å². The molecule has 0 unspecified atom stereocenters. The van der Waals surface area contributed by atoms with Gasteiger partial charge in [-0.15, -0.1) is 22.7 Å². The molecule has 0 radical (unpaired) electrons. The molecule has 3 heterocycles. The monoisotopic (exact) mass is 407 g/mol. The van der Waals surface area contributed by atoms with Gasteiger partial charge in [0, 0.05) is 28.9 Å². The zero-order chi connectivity index (χ0) is 18.7. The van der Waals surface area contributed by atoms with Gasteiger partial charge in [0.15, 0.2) is 5.16 Å². The topological polar surface area (TPSA) is 64.0 Å². The highest BCUT2D eigenvalue weighted by Gasteiger charge is 2.21. The molecule has 1 atom stereocenters. The molecule has 1 amide bonds. The van der Waals surface area contributed by atoms with Gasteiger partial charge in [0.05, 0.1) is 10.6 Å². The summed E-state index contributed by atoms with van der Waals surface area (Å²) in [4.78, 5) is 31.8. The Morgan fingerprint density at radius 1 is 1.38 bits per heavy atom. The third kappa shape index (κ3) is 3.72. The molecule has 3 aromatic rings. The second kappa shape index (κ2) is 8.37. The number of hydrogen-bond acceptors (Lipinski definition) is 6. The zero-order valence-corrected chi connectivity index (χ0v) is 17.4. The van der Waals surface area contributed by atoms with Crippen molar-refractivity contribution in [1.29, 1.82) is 0 Å². The molecule has 138 valence electrons. The Morgan fingerprint density at radius 2 is 2.19 bits per heavy atom. The molecule has 0 aromatic carbocycles. The fraction of sp³-hybridized carbons (Fsp3) is 0.389. The van der Waals surface area contributed by atoms with Crippen LogP contribution in [-0.4, -0.2) is 27.3 Å². The Morgan fingerprint density at radius 3 is 2.85 bits per heavy atom. The van der Waals surface area contributed by atoms with Crippen LogP contribution in [0.2, 0.25) is 0 Å². The number of hydrogen-bond donors (Lipinski definition) is 1. The number of thioether (sulfide) groups is 1. The van der Waals surface area contributed by atoms with Crippen LogP contribution in [0.25, 0.3) is 20.7 Å². The molecule has 0 aliphatic rings. The largest absolute Gasteiger partial charge is 0.355 e. The van der Waals surface area contributed by atoms with Crippen LogP contribution in [0.1, 0.15) is 27.2 Å². The van der Waals surface area contributed by atoms with E-state index >= 15 is 0 Å². The van der Waals surface area contributed by atoms with Crippen molar-refractivity contribution in [1.82, 2.24) is 14.9 Å². The fourth-order valence-electron chi connectivity index (χ4n) is 2.59. The Labute approximate surface area is 164 Å². The van der Waals surface area contributed by atoms with Crippen LogP contribution in [0.4, 0.5) is 0 Å². The Kier molecular flexibility index (Phi) is 6.16. The second-order valence-corrected chi connectivity index (χ2v) is 8.92. The van der Waals surface area contributed by atoms with E-state index in [1.54, 1.807) is 15.9 Å². The molecule has 0 aliphatic carbocycles. The van der Waals surface area contributed by atoms with E-state index in [1.165, 1.54) is 23.1 Å². The summed E-state index contributed by atoms with van der Waals surface area (Å²) >= 11 is 4.43. The number of carbonyl (C=O) groups is 1. The number of thiophene rings is 2. The standard InChI is InChI=1S/C18H21N3O2S3/c1-4-8-19-15(22)11(3)26-18-20-16-14(17(23)21(18)5-2)12(10-25-16)13-7-6-9-24-13/h6-7,9-11H,4-5,8H2,1-3H3,(H,19,22)/t11-/m1/s1. The molecule has 0 saturated heterocycles. The zero-order valence-electron chi connectivity index (χ0n) is 14.9. The number of aromatic nitrogens is 2. The Hall–Kier alpha value is -1.64. The molecular formula is C18H21N3O2S3. The van der Waals surface area contributed by atoms with Crippen molar-refractivity contribution < 1.29 is 4.79 Å². The average Bonchev–Trinajstić information content (AvgIpc) is 3.29. The van der Waals surface area contributed by atoms with Crippen molar-refractivity contribution >= 4 is 50.6 Å². The molecule has 3 rings (SSSR count). The first-order valence-electron chi connectivity index (χ1n) is 8.57. The predicted octanol–water partition coefficient (Wildman–Crippen LogP) is 4.21. The molecule has 26 heavy (non-hydrogen) atoms. The summed E-state index contributed by atoms with van der Waals surface area (Å²) < 4.78 is 1.67.